The van der Waals surface area contributed by atoms with Crippen molar-refractivity contribution in [1.29, 1.82) is 0 Å². The molecular weight excluding hydrogens is 236 g/mol. The normalized spacial score (nSPS) is 24.2. The molecule has 0 saturated carbocycles. The maximum Gasteiger partial charge on any atom is 0.320 e. The standard InChI is InChI=1S/C12H18N2O2S/c1-9(10-7-17-8-13-10)14-6-4-2-3-5-11(14)12(15)16/h7-9,11H,2-6H2,1H3,(H,15,16). The van der Waals surface area contributed by atoms with Crippen LogP contribution in [0.4, 0.5) is 0 Å². The minimum atomic E-state index is -0.700. The molecule has 1 saturated heterocycles. The lowest BCUT2D eigenvalue weighted by molar-refractivity contribution is -0.144. The highest BCUT2D eigenvalue weighted by molar-refractivity contribution is 7.07. The van der Waals surface area contributed by atoms with Crippen LogP contribution in [-0.4, -0.2) is 33.5 Å². The van der Waals surface area contributed by atoms with E-state index in [-0.39, 0.29) is 12.1 Å². The average molecular weight is 254 g/mol. The van der Waals surface area contributed by atoms with Gasteiger partial charge in [0.25, 0.3) is 0 Å². The number of rotatable bonds is 3. The summed E-state index contributed by atoms with van der Waals surface area (Å²) in [6.07, 6.45) is 3.98. The molecule has 0 spiro atoms. The predicted octanol–water partition coefficient (Wildman–Crippen LogP) is 2.53. The van der Waals surface area contributed by atoms with Crippen molar-refractivity contribution in [2.45, 2.75) is 44.7 Å². The Bertz CT molecular complexity index is 367. The topological polar surface area (TPSA) is 53.4 Å². The van der Waals surface area contributed by atoms with Gasteiger partial charge in [-0.2, -0.15) is 0 Å². The lowest BCUT2D eigenvalue weighted by Crippen LogP contribution is -2.42. The second-order valence-corrected chi connectivity index (χ2v) is 5.25. The van der Waals surface area contributed by atoms with E-state index in [0.717, 1.165) is 37.9 Å². The Balaban J connectivity index is 2.17. The van der Waals surface area contributed by atoms with E-state index in [1.807, 2.05) is 5.38 Å². The minimum Gasteiger partial charge on any atom is -0.480 e. The lowest BCUT2D eigenvalue weighted by Gasteiger charge is -2.31. The summed E-state index contributed by atoms with van der Waals surface area (Å²) in [6, 6.07) is -0.255. The molecule has 0 aliphatic carbocycles. The molecule has 5 heteroatoms. The van der Waals surface area contributed by atoms with E-state index >= 15 is 0 Å². The molecule has 1 aromatic rings. The maximum atomic E-state index is 11.3. The first-order valence-corrected chi connectivity index (χ1v) is 7.01. The summed E-state index contributed by atoms with van der Waals surface area (Å²) in [6.45, 7) is 2.91. The van der Waals surface area contributed by atoms with Crippen molar-refractivity contribution in [2.24, 2.45) is 0 Å². The van der Waals surface area contributed by atoms with Gasteiger partial charge in [-0.3, -0.25) is 9.69 Å². The Morgan fingerprint density at radius 1 is 1.59 bits per heavy atom. The minimum absolute atomic E-state index is 0.0976. The highest BCUT2D eigenvalue weighted by Crippen LogP contribution is 2.27. The third-order valence-corrected chi connectivity index (χ3v) is 4.06. The van der Waals surface area contributed by atoms with E-state index in [4.69, 9.17) is 0 Å². The third-order valence-electron chi connectivity index (χ3n) is 3.46. The molecule has 2 heterocycles. The number of aromatic nitrogens is 1. The summed E-state index contributed by atoms with van der Waals surface area (Å²) in [5.41, 5.74) is 2.79. The molecule has 2 unspecified atom stereocenters. The number of thiazole rings is 1. The number of nitrogens with zero attached hydrogens (tertiary/aromatic N) is 2. The molecule has 1 aliphatic heterocycles. The van der Waals surface area contributed by atoms with Crippen LogP contribution >= 0.6 is 11.3 Å². The van der Waals surface area contributed by atoms with Crippen molar-refractivity contribution in [1.82, 2.24) is 9.88 Å². The fourth-order valence-electron chi connectivity index (χ4n) is 2.46. The largest absolute Gasteiger partial charge is 0.480 e. The van der Waals surface area contributed by atoms with Crippen LogP contribution < -0.4 is 0 Å². The number of aliphatic carboxylic acids is 1. The number of hydrogen-bond donors (Lipinski definition) is 1. The smallest absolute Gasteiger partial charge is 0.320 e. The molecule has 1 aliphatic rings. The summed E-state index contributed by atoms with van der Waals surface area (Å²) in [5.74, 6) is -0.700. The first kappa shape index (κ1) is 12.5. The quantitative estimate of drug-likeness (QED) is 0.900. The summed E-state index contributed by atoms with van der Waals surface area (Å²) < 4.78 is 0. The van der Waals surface area contributed by atoms with Gasteiger partial charge in [-0.05, 0) is 26.3 Å². The van der Waals surface area contributed by atoms with E-state index in [2.05, 4.69) is 16.8 Å². The molecule has 94 valence electrons. The molecule has 1 fully saturated rings. The van der Waals surface area contributed by atoms with Gasteiger partial charge in [0.15, 0.2) is 0 Å². The van der Waals surface area contributed by atoms with Gasteiger partial charge in [0, 0.05) is 5.38 Å². The molecule has 0 amide bonds. The third kappa shape index (κ3) is 2.84. The first-order valence-electron chi connectivity index (χ1n) is 6.07. The second-order valence-electron chi connectivity index (χ2n) is 4.53. The Morgan fingerprint density at radius 2 is 2.41 bits per heavy atom. The zero-order valence-corrected chi connectivity index (χ0v) is 10.8. The SMILES string of the molecule is CC(c1cscn1)N1CCCCCC1C(=O)O. The lowest BCUT2D eigenvalue weighted by atomic mass is 10.1. The zero-order chi connectivity index (χ0) is 12.3. The van der Waals surface area contributed by atoms with E-state index in [1.54, 1.807) is 16.8 Å². The molecule has 0 radical (unpaired) electrons. The van der Waals surface area contributed by atoms with Gasteiger partial charge in [0.2, 0.25) is 0 Å². The molecule has 0 aromatic carbocycles. The molecule has 2 rings (SSSR count). The molecule has 2 atom stereocenters. The maximum absolute atomic E-state index is 11.3. The predicted molar refractivity (Wildman–Crippen MR) is 67.1 cm³/mol. The van der Waals surface area contributed by atoms with Gasteiger partial charge < -0.3 is 5.11 Å². The van der Waals surface area contributed by atoms with Gasteiger partial charge in [0.05, 0.1) is 17.2 Å². The van der Waals surface area contributed by atoms with Crippen LogP contribution in [-0.2, 0) is 4.79 Å². The van der Waals surface area contributed by atoms with Crippen LogP contribution in [0.25, 0.3) is 0 Å². The first-order chi connectivity index (χ1) is 8.20. The van der Waals surface area contributed by atoms with Gasteiger partial charge >= 0.3 is 5.97 Å². The fourth-order valence-corrected chi connectivity index (χ4v) is 3.10. The van der Waals surface area contributed by atoms with E-state index in [0.29, 0.717) is 0 Å². The van der Waals surface area contributed by atoms with Crippen molar-refractivity contribution >= 4 is 17.3 Å². The number of carboxylic acid groups (broad SMARTS) is 1. The van der Waals surface area contributed by atoms with E-state index in [9.17, 15) is 9.90 Å². The van der Waals surface area contributed by atoms with Crippen molar-refractivity contribution in [3.8, 4) is 0 Å². The van der Waals surface area contributed by atoms with Crippen LogP contribution in [0.5, 0.6) is 0 Å². The number of likely N-dealkylation sites (tertiary alicyclic amines) is 1. The summed E-state index contributed by atoms with van der Waals surface area (Å²) in [4.78, 5) is 17.7. The molecular formula is C12H18N2O2S. The number of carboxylic acids is 1. The average Bonchev–Trinajstić information content (AvgIpc) is 2.71. The molecule has 4 nitrogen and oxygen atoms in total. The Morgan fingerprint density at radius 3 is 3.06 bits per heavy atom. The molecule has 1 N–H and O–H groups in total. The van der Waals surface area contributed by atoms with Gasteiger partial charge in [-0.15, -0.1) is 11.3 Å². The van der Waals surface area contributed by atoms with Crippen LogP contribution in [0.1, 0.15) is 44.3 Å². The van der Waals surface area contributed by atoms with Crippen LogP contribution in [0.2, 0.25) is 0 Å². The van der Waals surface area contributed by atoms with Crippen molar-refractivity contribution < 1.29 is 9.90 Å². The monoisotopic (exact) mass is 254 g/mol. The van der Waals surface area contributed by atoms with Gasteiger partial charge in [0.1, 0.15) is 6.04 Å². The van der Waals surface area contributed by atoms with E-state index < -0.39 is 5.97 Å². The summed E-state index contributed by atoms with van der Waals surface area (Å²) in [5, 5.41) is 11.3. The van der Waals surface area contributed by atoms with Gasteiger partial charge in [-0.25, -0.2) is 4.98 Å². The highest BCUT2D eigenvalue weighted by Gasteiger charge is 2.31. The summed E-state index contributed by atoms with van der Waals surface area (Å²) >= 11 is 1.56. The van der Waals surface area contributed by atoms with Crippen LogP contribution in [0, 0.1) is 0 Å². The van der Waals surface area contributed by atoms with E-state index in [1.165, 1.54) is 0 Å². The Kier molecular flexibility index (Phi) is 4.12. The Labute approximate surface area is 105 Å². The van der Waals surface area contributed by atoms with Crippen molar-refractivity contribution in [3.63, 3.8) is 0 Å². The van der Waals surface area contributed by atoms with Crippen molar-refractivity contribution in [3.05, 3.63) is 16.6 Å². The Hall–Kier alpha value is -0.940. The zero-order valence-electron chi connectivity index (χ0n) is 10.0. The molecule has 17 heavy (non-hydrogen) atoms. The second kappa shape index (κ2) is 5.60. The number of hydrogen-bond acceptors (Lipinski definition) is 4. The van der Waals surface area contributed by atoms with Gasteiger partial charge in [-0.1, -0.05) is 12.8 Å². The van der Waals surface area contributed by atoms with Crippen LogP contribution in [0.15, 0.2) is 10.9 Å². The molecule has 1 aromatic heterocycles. The van der Waals surface area contributed by atoms with Crippen LogP contribution in [0.3, 0.4) is 0 Å². The molecule has 0 bridgehead atoms. The highest BCUT2D eigenvalue weighted by atomic mass is 32.1. The van der Waals surface area contributed by atoms with Crippen molar-refractivity contribution in [2.75, 3.05) is 6.54 Å². The number of carbonyl (C=O) groups is 1. The fraction of sp³-hybridized carbons (Fsp3) is 0.667. The summed E-state index contributed by atoms with van der Waals surface area (Å²) in [7, 11) is 0.